The lowest BCUT2D eigenvalue weighted by molar-refractivity contribution is -0.385. The van der Waals surface area contributed by atoms with E-state index in [4.69, 9.17) is 0 Å². The average molecular weight is 453 g/mol. The monoisotopic (exact) mass is 453 g/mol. The van der Waals surface area contributed by atoms with E-state index in [1.807, 2.05) is 30.3 Å². The smallest absolute Gasteiger partial charge is 0.269 e. The third-order valence-corrected chi connectivity index (χ3v) is 5.21. The van der Waals surface area contributed by atoms with Crippen molar-refractivity contribution >= 4 is 34.2 Å². The van der Waals surface area contributed by atoms with E-state index >= 15 is 0 Å². The first-order valence-electron chi connectivity index (χ1n) is 10.1. The van der Waals surface area contributed by atoms with Gasteiger partial charge >= 0.3 is 0 Å². The number of benzene rings is 3. The van der Waals surface area contributed by atoms with Crippen molar-refractivity contribution in [1.29, 1.82) is 0 Å². The molecule has 0 bridgehead atoms. The number of nitro benzene ring substituents is 2. The summed E-state index contributed by atoms with van der Waals surface area (Å²) in [6.07, 6.45) is 1.82. The summed E-state index contributed by atoms with van der Waals surface area (Å²) in [4.78, 5) is 21.0. The summed E-state index contributed by atoms with van der Waals surface area (Å²) in [5.41, 5.74) is 4.68. The summed E-state index contributed by atoms with van der Waals surface area (Å²) in [6.45, 7) is 0. The van der Waals surface area contributed by atoms with Gasteiger partial charge in [-0.3, -0.25) is 25.3 Å². The molecule has 2 aromatic heterocycles. The van der Waals surface area contributed by atoms with Crippen molar-refractivity contribution in [2.75, 3.05) is 0 Å². The molecule has 0 saturated carbocycles. The van der Waals surface area contributed by atoms with Crippen LogP contribution in [0, 0.1) is 20.2 Å². The highest BCUT2D eigenvalue weighted by Crippen LogP contribution is 2.27. The van der Waals surface area contributed by atoms with Crippen molar-refractivity contribution in [2.45, 2.75) is 0 Å². The minimum absolute atomic E-state index is 0.00708. The van der Waals surface area contributed by atoms with Gasteiger partial charge in [-0.25, -0.2) is 4.68 Å². The summed E-state index contributed by atoms with van der Waals surface area (Å²) in [5, 5.41) is 37.8. The molecule has 0 radical (unpaired) electrons. The molecule has 166 valence electrons. The van der Waals surface area contributed by atoms with Crippen molar-refractivity contribution in [2.24, 2.45) is 0 Å². The van der Waals surface area contributed by atoms with Gasteiger partial charge in [0, 0.05) is 29.8 Å². The zero-order valence-electron chi connectivity index (χ0n) is 17.4. The molecule has 0 aliphatic carbocycles. The fourth-order valence-electron chi connectivity index (χ4n) is 3.50. The summed E-state index contributed by atoms with van der Waals surface area (Å²) in [6, 6.07) is 21.5. The third-order valence-electron chi connectivity index (χ3n) is 5.21. The Morgan fingerprint density at radius 1 is 0.882 bits per heavy atom. The minimum atomic E-state index is -0.458. The number of nitro groups is 2. The average Bonchev–Trinajstić information content (AvgIpc) is 3.51. The molecule has 11 heteroatoms. The van der Waals surface area contributed by atoms with Gasteiger partial charge < -0.3 is 0 Å². The predicted octanol–water partition coefficient (Wildman–Crippen LogP) is 4.68. The SMILES string of the molecule is O=[N+]([O-])c1ccc(/C=C(/c2cc(-c3ccc([N+](=O)[O-])cc3)n[nH]2)n2nnc3ccccc32)cc1. The lowest BCUT2D eigenvalue weighted by atomic mass is 10.1. The number of aromatic nitrogens is 5. The molecule has 0 spiro atoms. The number of aromatic amines is 1. The normalized spacial score (nSPS) is 11.6. The van der Waals surface area contributed by atoms with Crippen molar-refractivity contribution in [3.63, 3.8) is 0 Å². The molecule has 34 heavy (non-hydrogen) atoms. The van der Waals surface area contributed by atoms with Gasteiger partial charge in [0.2, 0.25) is 0 Å². The van der Waals surface area contributed by atoms with Crippen molar-refractivity contribution < 1.29 is 9.85 Å². The van der Waals surface area contributed by atoms with Crippen molar-refractivity contribution in [3.8, 4) is 11.3 Å². The summed E-state index contributed by atoms with van der Waals surface area (Å²) in [7, 11) is 0. The van der Waals surface area contributed by atoms with E-state index in [0.29, 0.717) is 33.7 Å². The van der Waals surface area contributed by atoms with E-state index in [-0.39, 0.29) is 11.4 Å². The van der Waals surface area contributed by atoms with Gasteiger partial charge in [-0.1, -0.05) is 17.3 Å². The first-order chi connectivity index (χ1) is 16.5. The molecule has 1 N–H and O–H groups in total. The Labute approximate surface area is 191 Å². The number of rotatable bonds is 6. The zero-order valence-corrected chi connectivity index (χ0v) is 17.4. The first kappa shape index (κ1) is 20.7. The predicted molar refractivity (Wildman–Crippen MR) is 125 cm³/mol. The lowest BCUT2D eigenvalue weighted by Gasteiger charge is -2.07. The molecule has 0 amide bonds. The van der Waals surface area contributed by atoms with Crippen LogP contribution < -0.4 is 0 Å². The fraction of sp³-hybridized carbons (Fsp3) is 0. The number of H-pyrrole nitrogens is 1. The molecule has 0 aliphatic rings. The highest BCUT2D eigenvalue weighted by molar-refractivity contribution is 5.87. The summed E-state index contributed by atoms with van der Waals surface area (Å²) >= 11 is 0. The van der Waals surface area contributed by atoms with Gasteiger partial charge in [0.15, 0.2) is 0 Å². The Bertz CT molecular complexity index is 1550. The molecular weight excluding hydrogens is 438 g/mol. The van der Waals surface area contributed by atoms with Crippen LogP contribution in [0.15, 0.2) is 78.9 Å². The third kappa shape index (κ3) is 3.88. The zero-order chi connectivity index (χ0) is 23.7. The number of nitrogens with zero attached hydrogens (tertiary/aromatic N) is 6. The Hall–Kier alpha value is -5.19. The van der Waals surface area contributed by atoms with Crippen LogP contribution >= 0.6 is 0 Å². The molecule has 0 saturated heterocycles. The van der Waals surface area contributed by atoms with Crippen LogP contribution in [0.5, 0.6) is 0 Å². The Morgan fingerprint density at radius 3 is 2.21 bits per heavy atom. The van der Waals surface area contributed by atoms with Crippen molar-refractivity contribution in [1.82, 2.24) is 25.2 Å². The molecule has 11 nitrogen and oxygen atoms in total. The van der Waals surface area contributed by atoms with Gasteiger partial charge in [0.05, 0.1) is 32.4 Å². The van der Waals surface area contributed by atoms with Crippen LogP contribution in [0.25, 0.3) is 34.1 Å². The Morgan fingerprint density at radius 2 is 1.53 bits per heavy atom. The quantitative estimate of drug-likeness (QED) is 0.290. The van der Waals surface area contributed by atoms with E-state index in [1.54, 1.807) is 35.0 Å². The van der Waals surface area contributed by atoms with Crippen LogP contribution in [0.4, 0.5) is 11.4 Å². The van der Waals surface area contributed by atoms with Gasteiger partial charge in [0.25, 0.3) is 11.4 Å². The van der Waals surface area contributed by atoms with E-state index in [1.165, 1.54) is 24.3 Å². The topological polar surface area (TPSA) is 146 Å². The molecule has 5 aromatic rings. The van der Waals surface area contributed by atoms with Crippen LogP contribution in [-0.2, 0) is 0 Å². The highest BCUT2D eigenvalue weighted by atomic mass is 16.6. The van der Waals surface area contributed by atoms with Crippen LogP contribution in [-0.4, -0.2) is 35.0 Å². The Kier molecular flexibility index (Phi) is 5.11. The number of non-ortho nitro benzene ring substituents is 2. The number of hydrogen-bond acceptors (Lipinski definition) is 7. The van der Waals surface area contributed by atoms with Gasteiger partial charge in [-0.05, 0) is 54.1 Å². The molecule has 2 heterocycles. The first-order valence-corrected chi connectivity index (χ1v) is 10.1. The maximum absolute atomic E-state index is 11.0. The van der Waals surface area contributed by atoms with Crippen LogP contribution in [0.3, 0.4) is 0 Å². The van der Waals surface area contributed by atoms with Crippen LogP contribution in [0.1, 0.15) is 11.3 Å². The van der Waals surface area contributed by atoms with Gasteiger partial charge in [-0.15, -0.1) is 5.10 Å². The second-order valence-electron chi connectivity index (χ2n) is 7.34. The molecule has 3 aromatic carbocycles. The number of nitrogens with one attached hydrogen (secondary N) is 1. The van der Waals surface area contributed by atoms with E-state index in [0.717, 1.165) is 5.52 Å². The Balaban J connectivity index is 1.60. The van der Waals surface area contributed by atoms with E-state index < -0.39 is 9.85 Å². The molecular formula is C23H15N7O4. The number of para-hydroxylation sites is 1. The molecule has 0 fully saturated rings. The van der Waals surface area contributed by atoms with Gasteiger partial charge in [-0.2, -0.15) is 5.10 Å². The molecule has 0 aliphatic heterocycles. The van der Waals surface area contributed by atoms with E-state index in [9.17, 15) is 20.2 Å². The summed E-state index contributed by atoms with van der Waals surface area (Å²) < 4.78 is 1.66. The second kappa shape index (κ2) is 8.39. The van der Waals surface area contributed by atoms with Gasteiger partial charge in [0.1, 0.15) is 5.52 Å². The summed E-state index contributed by atoms with van der Waals surface area (Å²) in [5.74, 6) is 0. The highest BCUT2D eigenvalue weighted by Gasteiger charge is 2.16. The van der Waals surface area contributed by atoms with Crippen molar-refractivity contribution in [3.05, 3.63) is 110 Å². The van der Waals surface area contributed by atoms with Crippen LogP contribution in [0.2, 0.25) is 0 Å². The lowest BCUT2D eigenvalue weighted by Crippen LogP contribution is -2.02. The second-order valence-corrected chi connectivity index (χ2v) is 7.34. The standard InChI is InChI=1S/C23H15N7O4/c31-29(32)17-9-5-15(6-10-17)13-23(28-22-4-2-1-3-19(22)26-27-28)21-14-20(24-25-21)16-7-11-18(12-8-16)30(33)34/h1-14H,(H,24,25)/b23-13-. The fourth-order valence-corrected chi connectivity index (χ4v) is 3.50. The maximum Gasteiger partial charge on any atom is 0.269 e. The number of hydrogen-bond donors (Lipinski definition) is 1. The molecule has 0 unspecified atom stereocenters. The molecule has 5 rings (SSSR count). The maximum atomic E-state index is 11.0. The molecule has 0 atom stereocenters. The van der Waals surface area contributed by atoms with E-state index in [2.05, 4.69) is 20.5 Å². The largest absolute Gasteiger partial charge is 0.276 e. The number of fused-ring (bicyclic) bond motifs is 1. The minimum Gasteiger partial charge on any atom is -0.276 e.